The number of thioether (sulfide) groups is 1. The summed E-state index contributed by atoms with van der Waals surface area (Å²) in [4.78, 5) is 29.7. The Morgan fingerprint density at radius 1 is 1.18 bits per heavy atom. The monoisotopic (exact) mass is 408 g/mol. The first-order valence-corrected chi connectivity index (χ1v) is 11.1. The molecule has 1 aliphatic rings. The van der Waals surface area contributed by atoms with Crippen molar-refractivity contribution in [3.8, 4) is 0 Å². The van der Waals surface area contributed by atoms with E-state index < -0.39 is 0 Å². The molecule has 1 aromatic heterocycles. The molecule has 6 heteroatoms. The number of carbonyl (C=O) groups is 2. The van der Waals surface area contributed by atoms with Gasteiger partial charge in [0.05, 0.1) is 12.5 Å². The number of rotatable bonds is 6. The third-order valence-corrected chi connectivity index (χ3v) is 6.53. The summed E-state index contributed by atoms with van der Waals surface area (Å²) in [5.41, 5.74) is 2.53. The Hall–Kier alpha value is -2.57. The van der Waals surface area contributed by atoms with Crippen LogP contribution in [0.4, 0.5) is 5.69 Å². The van der Waals surface area contributed by atoms with E-state index in [4.69, 9.17) is 0 Å². The second-order valence-corrected chi connectivity index (χ2v) is 8.46. The molecule has 0 saturated heterocycles. The quantitative estimate of drug-likeness (QED) is 0.571. The first kappa shape index (κ1) is 18.8. The van der Waals surface area contributed by atoms with E-state index in [1.807, 2.05) is 77.2 Å². The molecule has 0 radical (unpaired) electrons. The van der Waals surface area contributed by atoms with E-state index in [0.29, 0.717) is 6.54 Å². The van der Waals surface area contributed by atoms with Crippen molar-refractivity contribution in [3.63, 3.8) is 0 Å². The molecule has 0 bridgehead atoms. The number of carbonyl (C=O) groups excluding carboxylic acids is 2. The lowest BCUT2D eigenvalue weighted by Crippen LogP contribution is -2.31. The summed E-state index contributed by atoms with van der Waals surface area (Å²) in [6, 6.07) is 19.1. The predicted molar refractivity (Wildman–Crippen MR) is 115 cm³/mol. The normalized spacial score (nSPS) is 14.0. The van der Waals surface area contributed by atoms with E-state index >= 15 is 0 Å². The Balaban J connectivity index is 1.55. The standard InChI is InChI=1S/C22H20N2O2S2/c1-27-17-8-4-7-16(12-17)23-21(25)13-19(20-10-5-11-28-20)24-14-15-6-2-3-9-18(15)22(24)26/h2-12,19H,13-14H2,1H3,(H,23,25)/t19-/m0/s1. The summed E-state index contributed by atoms with van der Waals surface area (Å²) in [5, 5.41) is 4.96. The largest absolute Gasteiger partial charge is 0.326 e. The van der Waals surface area contributed by atoms with Gasteiger partial charge in [0.25, 0.3) is 5.91 Å². The van der Waals surface area contributed by atoms with E-state index in [2.05, 4.69) is 5.32 Å². The summed E-state index contributed by atoms with van der Waals surface area (Å²) in [7, 11) is 0. The number of hydrogen-bond donors (Lipinski definition) is 1. The van der Waals surface area contributed by atoms with Crippen molar-refractivity contribution in [2.45, 2.75) is 23.9 Å². The van der Waals surface area contributed by atoms with E-state index in [9.17, 15) is 9.59 Å². The first-order chi connectivity index (χ1) is 13.7. The van der Waals surface area contributed by atoms with Crippen LogP contribution in [0.2, 0.25) is 0 Å². The van der Waals surface area contributed by atoms with Crippen molar-refractivity contribution >= 4 is 40.6 Å². The fourth-order valence-corrected chi connectivity index (χ4v) is 4.76. The van der Waals surface area contributed by atoms with Crippen LogP contribution in [0.3, 0.4) is 0 Å². The van der Waals surface area contributed by atoms with Crippen molar-refractivity contribution in [1.29, 1.82) is 0 Å². The second-order valence-electron chi connectivity index (χ2n) is 6.61. The third kappa shape index (κ3) is 3.84. The second kappa shape index (κ2) is 8.20. The van der Waals surface area contributed by atoms with E-state index in [0.717, 1.165) is 26.6 Å². The summed E-state index contributed by atoms with van der Waals surface area (Å²) in [6.07, 6.45) is 2.23. The molecular formula is C22H20N2O2S2. The first-order valence-electron chi connectivity index (χ1n) is 9.02. The van der Waals surface area contributed by atoms with Crippen LogP contribution < -0.4 is 5.32 Å². The molecule has 0 spiro atoms. The highest BCUT2D eigenvalue weighted by Gasteiger charge is 2.34. The molecule has 28 heavy (non-hydrogen) atoms. The fourth-order valence-electron chi connectivity index (χ4n) is 3.46. The number of amides is 2. The molecule has 0 unspecified atom stereocenters. The zero-order valence-corrected chi connectivity index (χ0v) is 17.1. The van der Waals surface area contributed by atoms with Gasteiger partial charge in [0.15, 0.2) is 0 Å². The van der Waals surface area contributed by atoms with Gasteiger partial charge in [-0.25, -0.2) is 0 Å². The van der Waals surface area contributed by atoms with Gasteiger partial charge in [0, 0.05) is 27.6 Å². The third-order valence-electron chi connectivity index (χ3n) is 4.83. The highest BCUT2D eigenvalue weighted by molar-refractivity contribution is 7.98. The molecule has 1 N–H and O–H groups in total. The van der Waals surface area contributed by atoms with Gasteiger partial charge in [-0.3, -0.25) is 9.59 Å². The van der Waals surface area contributed by atoms with Gasteiger partial charge in [0.2, 0.25) is 5.91 Å². The van der Waals surface area contributed by atoms with Gasteiger partial charge in [0.1, 0.15) is 0 Å². The van der Waals surface area contributed by atoms with Gasteiger partial charge < -0.3 is 10.2 Å². The van der Waals surface area contributed by atoms with Gasteiger partial charge >= 0.3 is 0 Å². The van der Waals surface area contributed by atoms with Crippen molar-refractivity contribution < 1.29 is 9.59 Å². The van der Waals surface area contributed by atoms with Crippen LogP contribution in [-0.2, 0) is 11.3 Å². The van der Waals surface area contributed by atoms with Crippen LogP contribution in [0.15, 0.2) is 70.9 Å². The fraction of sp³-hybridized carbons (Fsp3) is 0.182. The van der Waals surface area contributed by atoms with Gasteiger partial charge in [-0.05, 0) is 47.5 Å². The van der Waals surface area contributed by atoms with Crippen LogP contribution in [0, 0.1) is 0 Å². The Bertz CT molecular complexity index is 1000. The van der Waals surface area contributed by atoms with Crippen molar-refractivity contribution in [3.05, 3.63) is 82.0 Å². The summed E-state index contributed by atoms with van der Waals surface area (Å²) >= 11 is 3.21. The van der Waals surface area contributed by atoms with Gasteiger partial charge in [-0.1, -0.05) is 30.3 Å². The Morgan fingerprint density at radius 2 is 2.04 bits per heavy atom. The molecule has 2 aromatic carbocycles. The molecule has 4 nitrogen and oxygen atoms in total. The van der Waals surface area contributed by atoms with Crippen LogP contribution >= 0.6 is 23.1 Å². The maximum atomic E-state index is 13.0. The minimum Gasteiger partial charge on any atom is -0.326 e. The SMILES string of the molecule is CSc1cccc(NC(=O)C[C@@H](c2cccs2)N2Cc3ccccc3C2=O)c1. The Kier molecular flexibility index (Phi) is 5.50. The van der Waals surface area contributed by atoms with Crippen LogP contribution in [0.25, 0.3) is 0 Å². The predicted octanol–water partition coefficient (Wildman–Crippen LogP) is 5.20. The number of fused-ring (bicyclic) bond motifs is 1. The highest BCUT2D eigenvalue weighted by Crippen LogP contribution is 2.35. The summed E-state index contributed by atoms with van der Waals surface area (Å²) in [6.45, 7) is 0.535. The highest BCUT2D eigenvalue weighted by atomic mass is 32.2. The van der Waals surface area contributed by atoms with Gasteiger partial charge in [-0.15, -0.1) is 23.1 Å². The summed E-state index contributed by atoms with van der Waals surface area (Å²) in [5.74, 6) is -0.105. The lowest BCUT2D eigenvalue weighted by molar-refractivity contribution is -0.117. The lowest BCUT2D eigenvalue weighted by Gasteiger charge is -2.26. The molecule has 1 aliphatic heterocycles. The van der Waals surface area contributed by atoms with E-state index in [1.54, 1.807) is 23.1 Å². The lowest BCUT2D eigenvalue weighted by atomic mass is 10.1. The average Bonchev–Trinajstić information content (AvgIpc) is 3.35. The zero-order valence-electron chi connectivity index (χ0n) is 15.4. The summed E-state index contributed by atoms with van der Waals surface area (Å²) < 4.78 is 0. The molecule has 0 aliphatic carbocycles. The molecule has 2 amide bonds. The Morgan fingerprint density at radius 3 is 2.79 bits per heavy atom. The number of benzene rings is 2. The molecule has 1 atom stereocenters. The molecule has 0 saturated carbocycles. The number of thiophene rings is 1. The van der Waals surface area contributed by atoms with Crippen molar-refractivity contribution in [2.24, 2.45) is 0 Å². The van der Waals surface area contributed by atoms with Gasteiger partial charge in [-0.2, -0.15) is 0 Å². The van der Waals surface area contributed by atoms with Crippen LogP contribution in [-0.4, -0.2) is 23.0 Å². The minimum absolute atomic E-state index is 0.00817. The Labute approximate surface area is 172 Å². The number of nitrogens with zero attached hydrogens (tertiary/aromatic N) is 1. The number of hydrogen-bond acceptors (Lipinski definition) is 4. The zero-order chi connectivity index (χ0) is 19.5. The molecule has 0 fully saturated rings. The van der Waals surface area contributed by atoms with E-state index in [1.165, 1.54) is 0 Å². The molecule has 2 heterocycles. The van der Waals surface area contributed by atoms with Crippen LogP contribution in [0.5, 0.6) is 0 Å². The molecule has 3 aromatic rings. The molecule has 142 valence electrons. The van der Waals surface area contributed by atoms with Crippen molar-refractivity contribution in [1.82, 2.24) is 4.90 Å². The smallest absolute Gasteiger partial charge is 0.255 e. The number of nitrogens with one attached hydrogen (secondary N) is 1. The van der Waals surface area contributed by atoms with E-state index in [-0.39, 0.29) is 24.3 Å². The average molecular weight is 409 g/mol. The number of anilines is 1. The molecule has 4 rings (SSSR count). The van der Waals surface area contributed by atoms with Crippen molar-refractivity contribution in [2.75, 3.05) is 11.6 Å². The van der Waals surface area contributed by atoms with Crippen LogP contribution in [0.1, 0.15) is 33.3 Å². The molecular weight excluding hydrogens is 388 g/mol. The maximum absolute atomic E-state index is 13.0. The topological polar surface area (TPSA) is 49.4 Å². The minimum atomic E-state index is -0.274. The maximum Gasteiger partial charge on any atom is 0.255 e.